The maximum atomic E-state index is 10.9. The number of hydrogen-bond donors (Lipinski definition) is 4. The Bertz CT molecular complexity index is 1020. The molecule has 2 fully saturated rings. The van der Waals surface area contributed by atoms with Crippen molar-refractivity contribution in [2.45, 2.75) is 37.2 Å². The molecule has 28 heavy (non-hydrogen) atoms. The summed E-state index contributed by atoms with van der Waals surface area (Å²) in [4.78, 5) is 12.5. The van der Waals surface area contributed by atoms with Crippen LogP contribution < -0.4 is 11.5 Å². The molecule has 0 unspecified atom stereocenters. The van der Waals surface area contributed by atoms with Crippen molar-refractivity contribution in [1.82, 2.24) is 19.5 Å². The van der Waals surface area contributed by atoms with E-state index in [4.69, 9.17) is 16.2 Å². The van der Waals surface area contributed by atoms with Crippen molar-refractivity contribution in [2.24, 2.45) is 5.41 Å². The van der Waals surface area contributed by atoms with Crippen LogP contribution in [0.5, 0.6) is 0 Å². The van der Waals surface area contributed by atoms with E-state index in [9.17, 15) is 10.2 Å². The van der Waals surface area contributed by atoms with Gasteiger partial charge in [0.1, 0.15) is 29.7 Å². The lowest BCUT2D eigenvalue weighted by Gasteiger charge is -2.26. The third-order valence-electron chi connectivity index (χ3n) is 6.20. The Morgan fingerprint density at radius 3 is 2.75 bits per heavy atom. The molecular formula is C19H22N6O3. The van der Waals surface area contributed by atoms with Crippen LogP contribution in [0.4, 0.5) is 11.6 Å². The highest BCUT2D eigenvalue weighted by molar-refractivity contribution is 5.86. The Morgan fingerprint density at radius 2 is 1.96 bits per heavy atom. The summed E-state index contributed by atoms with van der Waals surface area (Å²) in [5, 5.41) is 22.5. The largest absolute Gasteiger partial charge is 0.390 e. The molecule has 0 bridgehead atoms. The molecule has 3 aromatic heterocycles. The van der Waals surface area contributed by atoms with Gasteiger partial charge in [0.05, 0.1) is 30.2 Å². The summed E-state index contributed by atoms with van der Waals surface area (Å²) in [5.41, 5.74) is 12.6. The SMILES string of the molecule is Nc1ccc([C@H]2C[C@@]3(CO2)C[C@@H](n2ccc4c(N)ncnc42)[C@H](O)[C@@H]3O)cn1. The normalized spacial score (nSPS) is 32.5. The van der Waals surface area contributed by atoms with Gasteiger partial charge in [0.15, 0.2) is 0 Å². The zero-order chi connectivity index (χ0) is 19.5. The van der Waals surface area contributed by atoms with Crippen LogP contribution in [-0.2, 0) is 4.74 Å². The van der Waals surface area contributed by atoms with E-state index in [-0.39, 0.29) is 12.1 Å². The Labute approximate surface area is 161 Å². The highest BCUT2D eigenvalue weighted by Crippen LogP contribution is 2.54. The molecule has 2 aliphatic rings. The van der Waals surface area contributed by atoms with E-state index in [0.717, 1.165) is 10.9 Å². The molecule has 6 N–H and O–H groups in total. The number of rotatable bonds is 2. The first kappa shape index (κ1) is 17.4. The summed E-state index contributed by atoms with van der Waals surface area (Å²) in [6.45, 7) is 0.368. The van der Waals surface area contributed by atoms with Gasteiger partial charge in [0.25, 0.3) is 0 Å². The number of nitrogens with zero attached hydrogens (tertiary/aromatic N) is 4. The van der Waals surface area contributed by atoms with Crippen LogP contribution in [0.2, 0.25) is 0 Å². The molecular weight excluding hydrogens is 360 g/mol. The highest BCUT2D eigenvalue weighted by atomic mass is 16.5. The average Bonchev–Trinajstić information content (AvgIpc) is 3.37. The zero-order valence-electron chi connectivity index (χ0n) is 15.1. The molecule has 1 saturated heterocycles. The number of pyridine rings is 1. The van der Waals surface area contributed by atoms with Gasteiger partial charge < -0.3 is 31.0 Å². The molecule has 9 heteroatoms. The summed E-state index contributed by atoms with van der Waals surface area (Å²) < 4.78 is 7.88. The second-order valence-electron chi connectivity index (χ2n) is 7.81. The number of fused-ring (bicyclic) bond motifs is 1. The highest BCUT2D eigenvalue weighted by Gasteiger charge is 2.57. The van der Waals surface area contributed by atoms with Crippen molar-refractivity contribution in [2.75, 3.05) is 18.1 Å². The minimum atomic E-state index is -0.932. The maximum Gasteiger partial charge on any atom is 0.145 e. The van der Waals surface area contributed by atoms with Crippen LogP contribution >= 0.6 is 0 Å². The summed E-state index contributed by atoms with van der Waals surface area (Å²) >= 11 is 0. The second kappa shape index (κ2) is 6.13. The number of aromatic nitrogens is 4. The van der Waals surface area contributed by atoms with Crippen molar-refractivity contribution in [3.05, 3.63) is 42.5 Å². The van der Waals surface area contributed by atoms with Gasteiger partial charge in [0.2, 0.25) is 0 Å². The lowest BCUT2D eigenvalue weighted by molar-refractivity contribution is -0.0309. The predicted molar refractivity (Wildman–Crippen MR) is 102 cm³/mol. The first-order valence-electron chi connectivity index (χ1n) is 9.25. The maximum absolute atomic E-state index is 10.9. The third kappa shape index (κ3) is 2.47. The van der Waals surface area contributed by atoms with Crippen LogP contribution in [0.25, 0.3) is 11.0 Å². The number of nitrogens with two attached hydrogens (primary N) is 2. The standard InChI is InChI=1S/C19H22N6O3/c20-14-2-1-10(7-22-14)13-6-19(8-28-13)5-12(15(26)16(19)27)25-4-3-11-17(21)23-9-24-18(11)25/h1-4,7,9,12-13,15-16,26-27H,5-6,8H2,(H2,20,22)(H2,21,23,24)/t12-,13-,15+,16+,19-/m1/s1. The van der Waals surface area contributed by atoms with E-state index in [2.05, 4.69) is 15.0 Å². The Hall–Kier alpha value is -2.75. The van der Waals surface area contributed by atoms with Gasteiger partial charge in [-0.1, -0.05) is 6.07 Å². The van der Waals surface area contributed by atoms with E-state index in [1.807, 2.05) is 22.9 Å². The van der Waals surface area contributed by atoms with Gasteiger partial charge in [-0.15, -0.1) is 0 Å². The molecule has 0 radical (unpaired) electrons. The fraction of sp³-hybridized carbons (Fsp3) is 0.421. The van der Waals surface area contributed by atoms with Gasteiger partial charge >= 0.3 is 0 Å². The summed E-state index contributed by atoms with van der Waals surface area (Å²) in [7, 11) is 0. The van der Waals surface area contributed by atoms with E-state index >= 15 is 0 Å². The molecule has 3 aromatic rings. The van der Waals surface area contributed by atoms with Crippen molar-refractivity contribution < 1.29 is 14.9 Å². The van der Waals surface area contributed by atoms with E-state index in [1.165, 1.54) is 6.33 Å². The molecule has 1 aliphatic carbocycles. The molecule has 146 valence electrons. The zero-order valence-corrected chi connectivity index (χ0v) is 15.1. The number of ether oxygens (including phenoxy) is 1. The molecule has 1 saturated carbocycles. The summed E-state index contributed by atoms with van der Waals surface area (Å²) in [6, 6.07) is 5.14. The molecule has 0 aromatic carbocycles. The van der Waals surface area contributed by atoms with E-state index in [0.29, 0.717) is 36.7 Å². The topological polar surface area (TPSA) is 145 Å². The lowest BCUT2D eigenvalue weighted by atomic mass is 9.80. The number of aliphatic hydroxyl groups is 2. The molecule has 4 heterocycles. The fourth-order valence-electron chi connectivity index (χ4n) is 4.67. The number of aliphatic hydroxyl groups excluding tert-OH is 2. The smallest absolute Gasteiger partial charge is 0.145 e. The van der Waals surface area contributed by atoms with Crippen LogP contribution in [-0.4, -0.2) is 48.5 Å². The number of anilines is 2. The Kier molecular flexibility index (Phi) is 3.80. The molecule has 5 rings (SSSR count). The Morgan fingerprint density at radius 1 is 1.11 bits per heavy atom. The van der Waals surface area contributed by atoms with E-state index in [1.54, 1.807) is 12.3 Å². The monoisotopic (exact) mass is 382 g/mol. The summed E-state index contributed by atoms with van der Waals surface area (Å²) in [6.07, 6.45) is 4.10. The fourth-order valence-corrected chi connectivity index (χ4v) is 4.67. The predicted octanol–water partition coefficient (Wildman–Crippen LogP) is 0.805. The molecule has 1 spiro atoms. The Balaban J connectivity index is 1.45. The average molecular weight is 382 g/mol. The molecule has 5 atom stereocenters. The molecule has 0 amide bonds. The molecule has 1 aliphatic heterocycles. The van der Waals surface area contributed by atoms with E-state index < -0.39 is 17.6 Å². The number of hydrogen-bond acceptors (Lipinski definition) is 8. The van der Waals surface area contributed by atoms with Crippen molar-refractivity contribution in [1.29, 1.82) is 0 Å². The van der Waals surface area contributed by atoms with Gasteiger partial charge in [-0.3, -0.25) is 0 Å². The van der Waals surface area contributed by atoms with Crippen LogP contribution in [0.1, 0.15) is 30.6 Å². The molecule has 9 nitrogen and oxygen atoms in total. The van der Waals surface area contributed by atoms with Crippen LogP contribution in [0.3, 0.4) is 0 Å². The second-order valence-corrected chi connectivity index (χ2v) is 7.81. The van der Waals surface area contributed by atoms with Crippen molar-refractivity contribution in [3.63, 3.8) is 0 Å². The van der Waals surface area contributed by atoms with Crippen LogP contribution in [0, 0.1) is 5.41 Å². The van der Waals surface area contributed by atoms with Gasteiger partial charge in [-0.2, -0.15) is 0 Å². The quantitative estimate of drug-likeness (QED) is 0.509. The van der Waals surface area contributed by atoms with Gasteiger partial charge in [-0.25, -0.2) is 15.0 Å². The lowest BCUT2D eigenvalue weighted by Crippen LogP contribution is -2.37. The van der Waals surface area contributed by atoms with Crippen LogP contribution in [0.15, 0.2) is 36.9 Å². The minimum Gasteiger partial charge on any atom is -0.390 e. The summed E-state index contributed by atoms with van der Waals surface area (Å²) in [5.74, 6) is 0.847. The van der Waals surface area contributed by atoms with Crippen molar-refractivity contribution in [3.8, 4) is 0 Å². The minimum absolute atomic E-state index is 0.187. The van der Waals surface area contributed by atoms with Gasteiger partial charge in [0, 0.05) is 17.8 Å². The van der Waals surface area contributed by atoms with Crippen molar-refractivity contribution >= 4 is 22.7 Å². The first-order valence-corrected chi connectivity index (χ1v) is 9.25. The first-order chi connectivity index (χ1) is 13.5. The third-order valence-corrected chi connectivity index (χ3v) is 6.20. The number of nitrogen functional groups attached to an aromatic ring is 2. The van der Waals surface area contributed by atoms with Gasteiger partial charge in [-0.05, 0) is 30.5 Å².